The number of carbonyl (C=O) groups is 1. The van der Waals surface area contributed by atoms with Crippen molar-refractivity contribution in [3.63, 3.8) is 0 Å². The summed E-state index contributed by atoms with van der Waals surface area (Å²) >= 11 is 0. The summed E-state index contributed by atoms with van der Waals surface area (Å²) < 4.78 is 10.7. The summed E-state index contributed by atoms with van der Waals surface area (Å²) in [6, 6.07) is 5.88. The molecule has 4 rings (SSSR count). The first-order chi connectivity index (χ1) is 11.7. The first-order valence-corrected chi connectivity index (χ1v) is 9.01. The third kappa shape index (κ3) is 2.86. The minimum atomic E-state index is -0.234. The molecule has 2 fully saturated rings. The molecule has 0 aromatic heterocycles. The summed E-state index contributed by atoms with van der Waals surface area (Å²) in [4.78, 5) is 14.6. The third-order valence-electron chi connectivity index (χ3n) is 5.88. The summed E-state index contributed by atoms with van der Waals surface area (Å²) in [6.07, 6.45) is 6.07. The molecule has 1 saturated heterocycles. The highest BCUT2D eigenvalue weighted by molar-refractivity contribution is 5.76. The van der Waals surface area contributed by atoms with Gasteiger partial charge in [-0.25, -0.2) is 0 Å². The van der Waals surface area contributed by atoms with Crippen LogP contribution in [0.25, 0.3) is 0 Å². The van der Waals surface area contributed by atoms with Crippen LogP contribution in [-0.4, -0.2) is 41.9 Å². The van der Waals surface area contributed by atoms with E-state index in [4.69, 9.17) is 9.47 Å². The first-order valence-electron chi connectivity index (χ1n) is 9.01. The molecule has 5 heteroatoms. The number of aliphatic hydroxyl groups is 1. The van der Waals surface area contributed by atoms with Gasteiger partial charge in [-0.3, -0.25) is 4.79 Å². The number of aliphatic hydroxyl groups excluding tert-OH is 1. The fourth-order valence-corrected chi connectivity index (χ4v) is 4.48. The number of benzene rings is 1. The van der Waals surface area contributed by atoms with Gasteiger partial charge in [0.05, 0.1) is 6.10 Å². The van der Waals surface area contributed by atoms with Crippen LogP contribution in [0.5, 0.6) is 11.5 Å². The number of likely N-dealkylation sites (tertiary alicyclic amines) is 1. The molecule has 24 heavy (non-hydrogen) atoms. The standard InChI is InChI=1S/C19H25NO4/c21-17-3-1-8-19(17)9-2-10-20(12-19)18(22)7-5-14-4-6-15-16(11-14)24-13-23-15/h4,6,11,17,21H,1-3,5,7-10,12-13H2/t17-,19+/m1/s1. The Labute approximate surface area is 142 Å². The van der Waals surface area contributed by atoms with Gasteiger partial charge in [0.1, 0.15) is 0 Å². The SMILES string of the molecule is O=C(CCc1ccc2c(c1)OCO2)N1CCC[C@@]2(CCC[C@H]2O)C1. The predicted octanol–water partition coefficient (Wildman–Crippen LogP) is 2.50. The number of aryl methyl sites for hydroxylation is 1. The smallest absolute Gasteiger partial charge is 0.231 e. The molecule has 1 saturated carbocycles. The monoisotopic (exact) mass is 331 g/mol. The van der Waals surface area contributed by atoms with Gasteiger partial charge in [0.2, 0.25) is 12.7 Å². The van der Waals surface area contributed by atoms with Gasteiger partial charge in [0.25, 0.3) is 0 Å². The molecule has 0 radical (unpaired) electrons. The second-order valence-electron chi connectivity index (χ2n) is 7.38. The molecule has 2 aliphatic heterocycles. The fraction of sp³-hybridized carbons (Fsp3) is 0.632. The lowest BCUT2D eigenvalue weighted by Gasteiger charge is -2.42. The average Bonchev–Trinajstić information content (AvgIpc) is 3.20. The molecule has 2 heterocycles. The van der Waals surface area contributed by atoms with Gasteiger partial charge < -0.3 is 19.5 Å². The molecule has 1 aliphatic carbocycles. The Balaban J connectivity index is 1.36. The summed E-state index contributed by atoms with van der Waals surface area (Å²) in [6.45, 7) is 1.83. The highest BCUT2D eigenvalue weighted by atomic mass is 16.7. The van der Waals surface area contributed by atoms with Gasteiger partial charge in [-0.2, -0.15) is 0 Å². The second kappa shape index (κ2) is 6.28. The summed E-state index contributed by atoms with van der Waals surface area (Å²) in [7, 11) is 0. The lowest BCUT2D eigenvalue weighted by atomic mass is 9.76. The summed E-state index contributed by atoms with van der Waals surface area (Å²) in [5.41, 5.74) is 1.06. The van der Waals surface area contributed by atoms with E-state index in [1.165, 1.54) is 0 Å². The van der Waals surface area contributed by atoms with Gasteiger partial charge in [-0.1, -0.05) is 12.5 Å². The van der Waals surface area contributed by atoms with E-state index in [9.17, 15) is 9.90 Å². The van der Waals surface area contributed by atoms with E-state index in [0.717, 1.165) is 62.3 Å². The Bertz CT molecular complexity index is 632. The van der Waals surface area contributed by atoms with Gasteiger partial charge in [0.15, 0.2) is 11.5 Å². The summed E-state index contributed by atoms with van der Waals surface area (Å²) in [5, 5.41) is 10.3. The van der Waals surface area contributed by atoms with E-state index >= 15 is 0 Å². The molecule has 3 aliphatic rings. The second-order valence-corrected chi connectivity index (χ2v) is 7.38. The van der Waals surface area contributed by atoms with Crippen LogP contribution in [-0.2, 0) is 11.2 Å². The van der Waals surface area contributed by atoms with Gasteiger partial charge >= 0.3 is 0 Å². The largest absolute Gasteiger partial charge is 0.454 e. The van der Waals surface area contributed by atoms with Crippen LogP contribution < -0.4 is 9.47 Å². The lowest BCUT2D eigenvalue weighted by Crippen LogP contribution is -2.49. The Kier molecular flexibility index (Phi) is 4.12. The van der Waals surface area contributed by atoms with Gasteiger partial charge in [-0.05, 0) is 49.8 Å². The maximum atomic E-state index is 12.6. The van der Waals surface area contributed by atoms with Crippen LogP contribution in [0, 0.1) is 5.41 Å². The molecule has 0 bridgehead atoms. The zero-order chi connectivity index (χ0) is 16.6. The van der Waals surface area contributed by atoms with Gasteiger partial charge in [0, 0.05) is 24.9 Å². The fourth-order valence-electron chi connectivity index (χ4n) is 4.48. The molecule has 130 valence electrons. The maximum absolute atomic E-state index is 12.6. The predicted molar refractivity (Wildman–Crippen MR) is 89.0 cm³/mol. The van der Waals surface area contributed by atoms with Crippen LogP contribution in [0.15, 0.2) is 18.2 Å². The van der Waals surface area contributed by atoms with Crippen molar-refractivity contribution < 1.29 is 19.4 Å². The number of hydrogen-bond acceptors (Lipinski definition) is 4. The molecule has 1 aromatic carbocycles. The molecule has 1 aromatic rings. The van der Waals surface area contributed by atoms with E-state index < -0.39 is 0 Å². The lowest BCUT2D eigenvalue weighted by molar-refractivity contribution is -0.136. The Morgan fingerprint density at radius 3 is 2.92 bits per heavy atom. The van der Waals surface area contributed by atoms with Crippen molar-refractivity contribution in [3.05, 3.63) is 23.8 Å². The van der Waals surface area contributed by atoms with Crippen molar-refractivity contribution in [3.8, 4) is 11.5 Å². The number of ether oxygens (including phenoxy) is 2. The molecule has 1 amide bonds. The minimum Gasteiger partial charge on any atom is -0.454 e. The van der Waals surface area contributed by atoms with Crippen LogP contribution in [0.3, 0.4) is 0 Å². The Morgan fingerprint density at radius 1 is 1.25 bits per heavy atom. The summed E-state index contributed by atoms with van der Waals surface area (Å²) in [5.74, 6) is 1.75. The van der Waals surface area contributed by atoms with Crippen molar-refractivity contribution in [1.82, 2.24) is 4.90 Å². The molecule has 0 unspecified atom stereocenters. The van der Waals surface area contributed by atoms with E-state index in [-0.39, 0.29) is 24.2 Å². The number of carbonyl (C=O) groups excluding carboxylic acids is 1. The van der Waals surface area contributed by atoms with Crippen LogP contribution >= 0.6 is 0 Å². The van der Waals surface area contributed by atoms with E-state index in [1.54, 1.807) is 0 Å². The van der Waals surface area contributed by atoms with Crippen LogP contribution in [0.1, 0.15) is 44.1 Å². The Hall–Kier alpha value is -1.75. The maximum Gasteiger partial charge on any atom is 0.231 e. The molecular weight excluding hydrogens is 306 g/mol. The van der Waals surface area contributed by atoms with Crippen LogP contribution in [0.2, 0.25) is 0 Å². The highest BCUT2D eigenvalue weighted by Gasteiger charge is 2.45. The molecular formula is C19H25NO4. The normalized spacial score (nSPS) is 28.5. The zero-order valence-corrected chi connectivity index (χ0v) is 14.0. The van der Waals surface area contributed by atoms with Gasteiger partial charge in [-0.15, -0.1) is 0 Å². The van der Waals surface area contributed by atoms with Crippen molar-refractivity contribution in [2.24, 2.45) is 5.41 Å². The number of piperidine rings is 1. The molecule has 5 nitrogen and oxygen atoms in total. The molecule has 2 atom stereocenters. The number of nitrogens with zero attached hydrogens (tertiary/aromatic N) is 1. The highest BCUT2D eigenvalue weighted by Crippen LogP contribution is 2.45. The minimum absolute atomic E-state index is 0.0351. The zero-order valence-electron chi connectivity index (χ0n) is 14.0. The molecule has 1 N–H and O–H groups in total. The van der Waals surface area contributed by atoms with E-state index in [1.807, 2.05) is 23.1 Å². The third-order valence-corrected chi connectivity index (χ3v) is 5.88. The number of fused-ring (bicyclic) bond motifs is 1. The molecule has 1 spiro atoms. The van der Waals surface area contributed by atoms with E-state index in [0.29, 0.717) is 12.8 Å². The van der Waals surface area contributed by atoms with Crippen LogP contribution in [0.4, 0.5) is 0 Å². The van der Waals surface area contributed by atoms with Crippen molar-refractivity contribution in [2.75, 3.05) is 19.9 Å². The number of amides is 1. The van der Waals surface area contributed by atoms with Crippen molar-refractivity contribution in [2.45, 2.75) is 51.0 Å². The first kappa shape index (κ1) is 15.8. The number of hydrogen-bond donors (Lipinski definition) is 1. The quantitative estimate of drug-likeness (QED) is 0.924. The van der Waals surface area contributed by atoms with E-state index in [2.05, 4.69) is 0 Å². The van der Waals surface area contributed by atoms with Crippen molar-refractivity contribution >= 4 is 5.91 Å². The topological polar surface area (TPSA) is 59.0 Å². The van der Waals surface area contributed by atoms with Crippen molar-refractivity contribution in [1.29, 1.82) is 0 Å². The number of rotatable bonds is 3. The average molecular weight is 331 g/mol. The Morgan fingerprint density at radius 2 is 2.08 bits per heavy atom.